The molecule has 0 spiro atoms. The summed E-state index contributed by atoms with van der Waals surface area (Å²) in [6, 6.07) is 3.40. The second-order valence-electron chi connectivity index (χ2n) is 4.32. The minimum absolute atomic E-state index is 0.244. The van der Waals surface area contributed by atoms with Crippen molar-refractivity contribution in [3.8, 4) is 0 Å². The third kappa shape index (κ3) is 2.29. The molecule has 5 nitrogen and oxygen atoms in total. The molecule has 0 unspecified atom stereocenters. The van der Waals surface area contributed by atoms with Gasteiger partial charge in [0.2, 0.25) is 0 Å². The van der Waals surface area contributed by atoms with Crippen LogP contribution in [-0.2, 0) is 4.79 Å². The third-order valence-corrected chi connectivity index (χ3v) is 2.92. The number of H-pyrrole nitrogens is 1. The number of hydrogen-bond acceptors (Lipinski definition) is 2. The van der Waals surface area contributed by atoms with Crippen LogP contribution in [-0.4, -0.2) is 28.0 Å². The summed E-state index contributed by atoms with van der Waals surface area (Å²) in [5, 5.41) is 11.6. The van der Waals surface area contributed by atoms with Gasteiger partial charge in [0.1, 0.15) is 11.9 Å². The molecule has 1 atom stereocenters. The van der Waals surface area contributed by atoms with Crippen LogP contribution in [0.5, 0.6) is 0 Å². The van der Waals surface area contributed by atoms with E-state index in [9.17, 15) is 14.0 Å². The summed E-state index contributed by atoms with van der Waals surface area (Å²) in [6.07, 6.45) is 0. The molecule has 1 aromatic heterocycles. The maximum atomic E-state index is 13.6. The molecule has 0 saturated carbocycles. The highest BCUT2D eigenvalue weighted by Gasteiger charge is 2.21. The van der Waals surface area contributed by atoms with Crippen molar-refractivity contribution in [3.63, 3.8) is 0 Å². The number of carboxylic acids is 1. The van der Waals surface area contributed by atoms with Gasteiger partial charge >= 0.3 is 5.97 Å². The van der Waals surface area contributed by atoms with Crippen LogP contribution in [0.25, 0.3) is 10.9 Å². The Morgan fingerprint density at radius 2 is 2.11 bits per heavy atom. The molecule has 0 radical (unpaired) electrons. The standard InChI is InChI=1S/C13H13FN2O3/c1-6-10(12(17)16-7(2)13(18)19)8-4-3-5-9(14)11(8)15-6/h3-5,7,15H,1-2H3,(H,16,17)(H,18,19)/t7-/m0/s1. The number of aromatic amines is 1. The Morgan fingerprint density at radius 1 is 1.42 bits per heavy atom. The van der Waals surface area contributed by atoms with Crippen LogP contribution in [0, 0.1) is 12.7 Å². The molecule has 0 saturated heterocycles. The number of carboxylic acid groups (broad SMARTS) is 1. The maximum absolute atomic E-state index is 13.6. The predicted octanol–water partition coefficient (Wildman–Crippen LogP) is 1.82. The normalized spacial score (nSPS) is 12.4. The lowest BCUT2D eigenvalue weighted by molar-refractivity contribution is -0.138. The van der Waals surface area contributed by atoms with E-state index in [0.717, 1.165) is 0 Å². The quantitative estimate of drug-likeness (QED) is 0.790. The molecular weight excluding hydrogens is 251 g/mol. The highest BCUT2D eigenvalue weighted by molar-refractivity contribution is 6.09. The number of amides is 1. The van der Waals surface area contributed by atoms with Gasteiger partial charge in [-0.3, -0.25) is 9.59 Å². The van der Waals surface area contributed by atoms with Gasteiger partial charge in [-0.1, -0.05) is 12.1 Å². The van der Waals surface area contributed by atoms with E-state index in [-0.39, 0.29) is 11.1 Å². The monoisotopic (exact) mass is 264 g/mol. The SMILES string of the molecule is Cc1[nH]c2c(F)cccc2c1C(=O)N[C@@H](C)C(=O)O. The van der Waals surface area contributed by atoms with Crippen LogP contribution in [0.4, 0.5) is 4.39 Å². The summed E-state index contributed by atoms with van der Waals surface area (Å²) in [5.41, 5.74) is 1.01. The van der Waals surface area contributed by atoms with E-state index in [1.54, 1.807) is 13.0 Å². The molecule has 0 bridgehead atoms. The molecule has 6 heteroatoms. The number of fused-ring (bicyclic) bond motifs is 1. The van der Waals surface area contributed by atoms with Crippen molar-refractivity contribution >= 4 is 22.8 Å². The Hall–Kier alpha value is -2.37. The van der Waals surface area contributed by atoms with Crippen molar-refractivity contribution in [3.05, 3.63) is 35.3 Å². The van der Waals surface area contributed by atoms with Crippen LogP contribution >= 0.6 is 0 Å². The second kappa shape index (κ2) is 4.72. The van der Waals surface area contributed by atoms with Gasteiger partial charge in [0, 0.05) is 11.1 Å². The lowest BCUT2D eigenvalue weighted by atomic mass is 10.1. The number of aromatic nitrogens is 1. The molecule has 0 aliphatic heterocycles. The summed E-state index contributed by atoms with van der Waals surface area (Å²) in [7, 11) is 0. The number of carbonyl (C=O) groups is 2. The summed E-state index contributed by atoms with van der Waals surface area (Å²) in [5.74, 6) is -2.12. The number of hydrogen-bond donors (Lipinski definition) is 3. The lowest BCUT2D eigenvalue weighted by Gasteiger charge is -2.09. The number of rotatable bonds is 3. The van der Waals surface area contributed by atoms with Gasteiger partial charge in [-0.2, -0.15) is 0 Å². The fourth-order valence-corrected chi connectivity index (χ4v) is 1.93. The zero-order valence-electron chi connectivity index (χ0n) is 10.5. The fraction of sp³-hybridized carbons (Fsp3) is 0.231. The van der Waals surface area contributed by atoms with E-state index in [1.165, 1.54) is 19.1 Å². The van der Waals surface area contributed by atoms with Gasteiger partial charge in [0.25, 0.3) is 5.91 Å². The van der Waals surface area contributed by atoms with Crippen LogP contribution < -0.4 is 5.32 Å². The molecular formula is C13H13FN2O3. The molecule has 0 fully saturated rings. The van der Waals surface area contributed by atoms with Gasteiger partial charge in [-0.25, -0.2) is 4.39 Å². The summed E-state index contributed by atoms with van der Waals surface area (Å²) in [6.45, 7) is 3.00. The van der Waals surface area contributed by atoms with E-state index in [1.807, 2.05) is 0 Å². The molecule has 2 aromatic rings. The summed E-state index contributed by atoms with van der Waals surface area (Å²) < 4.78 is 13.6. The average molecular weight is 264 g/mol. The number of carbonyl (C=O) groups excluding carboxylic acids is 1. The van der Waals surface area contributed by atoms with Gasteiger partial charge in [-0.05, 0) is 19.9 Å². The van der Waals surface area contributed by atoms with E-state index in [4.69, 9.17) is 5.11 Å². The van der Waals surface area contributed by atoms with Crippen molar-refractivity contribution in [2.45, 2.75) is 19.9 Å². The number of benzene rings is 1. The van der Waals surface area contributed by atoms with E-state index >= 15 is 0 Å². The molecule has 1 amide bonds. The molecule has 3 N–H and O–H groups in total. The Labute approximate surface area is 108 Å². The molecule has 1 aromatic carbocycles. The Balaban J connectivity index is 2.45. The zero-order chi connectivity index (χ0) is 14.2. The minimum Gasteiger partial charge on any atom is -0.480 e. The van der Waals surface area contributed by atoms with Gasteiger partial charge < -0.3 is 15.4 Å². The predicted molar refractivity (Wildman–Crippen MR) is 67.6 cm³/mol. The second-order valence-corrected chi connectivity index (χ2v) is 4.32. The zero-order valence-corrected chi connectivity index (χ0v) is 10.5. The van der Waals surface area contributed by atoms with Gasteiger partial charge in [-0.15, -0.1) is 0 Å². The van der Waals surface area contributed by atoms with Crippen LogP contribution in [0.2, 0.25) is 0 Å². The lowest BCUT2D eigenvalue weighted by Crippen LogP contribution is -2.38. The largest absolute Gasteiger partial charge is 0.480 e. The van der Waals surface area contributed by atoms with Crippen molar-refractivity contribution in [2.24, 2.45) is 0 Å². The summed E-state index contributed by atoms with van der Waals surface area (Å²) in [4.78, 5) is 25.6. The fourth-order valence-electron chi connectivity index (χ4n) is 1.93. The number of para-hydroxylation sites is 1. The Bertz CT molecular complexity index is 663. The van der Waals surface area contributed by atoms with Crippen molar-refractivity contribution in [1.82, 2.24) is 10.3 Å². The molecule has 2 rings (SSSR count). The Kier molecular flexibility index (Phi) is 3.25. The molecule has 0 aliphatic rings. The number of aryl methyl sites for hydroxylation is 1. The smallest absolute Gasteiger partial charge is 0.325 e. The first-order chi connectivity index (χ1) is 8.91. The molecule has 1 heterocycles. The van der Waals surface area contributed by atoms with Crippen LogP contribution in [0.3, 0.4) is 0 Å². The number of nitrogens with one attached hydrogen (secondary N) is 2. The van der Waals surface area contributed by atoms with Crippen molar-refractivity contribution in [2.75, 3.05) is 0 Å². The molecule has 100 valence electrons. The van der Waals surface area contributed by atoms with Crippen molar-refractivity contribution in [1.29, 1.82) is 0 Å². The summed E-state index contributed by atoms with van der Waals surface area (Å²) >= 11 is 0. The number of halogens is 1. The van der Waals surface area contributed by atoms with Crippen LogP contribution in [0.1, 0.15) is 23.0 Å². The first-order valence-electron chi connectivity index (χ1n) is 5.72. The topological polar surface area (TPSA) is 82.2 Å². The van der Waals surface area contributed by atoms with Crippen LogP contribution in [0.15, 0.2) is 18.2 Å². The minimum atomic E-state index is -1.13. The maximum Gasteiger partial charge on any atom is 0.325 e. The molecule has 0 aliphatic carbocycles. The highest BCUT2D eigenvalue weighted by atomic mass is 19.1. The highest BCUT2D eigenvalue weighted by Crippen LogP contribution is 2.24. The number of aliphatic carboxylic acids is 1. The molecule has 19 heavy (non-hydrogen) atoms. The first-order valence-corrected chi connectivity index (χ1v) is 5.72. The Morgan fingerprint density at radius 3 is 2.74 bits per heavy atom. The van der Waals surface area contributed by atoms with E-state index in [2.05, 4.69) is 10.3 Å². The first kappa shape index (κ1) is 13.1. The van der Waals surface area contributed by atoms with Gasteiger partial charge in [0.05, 0.1) is 11.1 Å². The van der Waals surface area contributed by atoms with E-state index in [0.29, 0.717) is 11.1 Å². The average Bonchev–Trinajstić information content (AvgIpc) is 2.66. The third-order valence-electron chi connectivity index (χ3n) is 2.92. The van der Waals surface area contributed by atoms with Crippen molar-refractivity contribution < 1.29 is 19.1 Å². The van der Waals surface area contributed by atoms with E-state index < -0.39 is 23.7 Å². The van der Waals surface area contributed by atoms with Gasteiger partial charge in [0.15, 0.2) is 0 Å².